The highest BCUT2D eigenvalue weighted by Crippen LogP contribution is 2.20. The van der Waals surface area contributed by atoms with Gasteiger partial charge in [-0.2, -0.15) is 0 Å². The van der Waals surface area contributed by atoms with Crippen LogP contribution in [0.25, 0.3) is 5.69 Å². The van der Waals surface area contributed by atoms with Crippen LogP contribution in [0.3, 0.4) is 0 Å². The molecule has 7 heteroatoms. The molecule has 0 saturated carbocycles. The van der Waals surface area contributed by atoms with Gasteiger partial charge in [0.2, 0.25) is 0 Å². The molecule has 2 heterocycles. The number of hydrogen-bond acceptors (Lipinski definition) is 4. The van der Waals surface area contributed by atoms with E-state index in [1.165, 1.54) is 0 Å². The first kappa shape index (κ1) is 15.8. The second-order valence-electron chi connectivity index (χ2n) is 5.58. The van der Waals surface area contributed by atoms with Gasteiger partial charge >= 0.3 is 6.03 Å². The summed E-state index contributed by atoms with van der Waals surface area (Å²) < 4.78 is 6.96. The molecule has 1 aromatic carbocycles. The number of hydrogen-bond donors (Lipinski definition) is 2. The number of nitrogens with one attached hydrogen (secondary N) is 2. The highest BCUT2D eigenvalue weighted by molar-refractivity contribution is 5.90. The summed E-state index contributed by atoms with van der Waals surface area (Å²) in [5, 5.41) is 9.52. The number of amides is 2. The lowest BCUT2D eigenvalue weighted by Gasteiger charge is -2.16. The van der Waals surface area contributed by atoms with Crippen molar-refractivity contribution in [1.29, 1.82) is 0 Å². The number of rotatable bonds is 4. The van der Waals surface area contributed by atoms with Crippen LogP contribution in [-0.2, 0) is 0 Å². The van der Waals surface area contributed by atoms with Crippen molar-refractivity contribution in [3.63, 3.8) is 0 Å². The summed E-state index contributed by atoms with van der Waals surface area (Å²) in [6, 6.07) is 7.47. The van der Waals surface area contributed by atoms with Gasteiger partial charge in [-0.25, -0.2) is 9.78 Å². The van der Waals surface area contributed by atoms with Crippen molar-refractivity contribution in [3.8, 4) is 5.69 Å². The van der Waals surface area contributed by atoms with Crippen molar-refractivity contribution in [2.45, 2.75) is 26.8 Å². The van der Waals surface area contributed by atoms with E-state index < -0.39 is 0 Å². The Hall–Kier alpha value is -3.09. The second kappa shape index (κ2) is 6.57. The highest BCUT2D eigenvalue weighted by Gasteiger charge is 2.15. The van der Waals surface area contributed by atoms with Crippen LogP contribution >= 0.6 is 0 Å². The van der Waals surface area contributed by atoms with Crippen LogP contribution in [0.15, 0.2) is 47.5 Å². The molecule has 1 atom stereocenters. The van der Waals surface area contributed by atoms with Crippen LogP contribution in [-0.4, -0.2) is 20.7 Å². The molecule has 3 aromatic rings. The fourth-order valence-electron chi connectivity index (χ4n) is 2.46. The number of imidazole rings is 1. The molecule has 3 rings (SSSR count). The number of aryl methyl sites for hydroxylation is 2. The molecule has 7 nitrogen and oxygen atoms in total. The van der Waals surface area contributed by atoms with Gasteiger partial charge < -0.3 is 19.7 Å². The third-order valence-electron chi connectivity index (χ3n) is 3.79. The van der Waals surface area contributed by atoms with Gasteiger partial charge in [-0.05, 0) is 38.5 Å². The first-order valence-electron chi connectivity index (χ1n) is 7.63. The Balaban J connectivity index is 1.70. The van der Waals surface area contributed by atoms with E-state index in [9.17, 15) is 4.79 Å². The summed E-state index contributed by atoms with van der Waals surface area (Å²) in [4.78, 5) is 16.3. The van der Waals surface area contributed by atoms with Crippen molar-refractivity contribution in [1.82, 2.24) is 20.0 Å². The summed E-state index contributed by atoms with van der Waals surface area (Å²) in [7, 11) is 0. The van der Waals surface area contributed by atoms with E-state index in [2.05, 4.69) is 20.8 Å². The minimum absolute atomic E-state index is 0.158. The lowest BCUT2D eigenvalue weighted by molar-refractivity contribution is 0.249. The summed E-state index contributed by atoms with van der Waals surface area (Å²) in [5.41, 5.74) is 3.24. The van der Waals surface area contributed by atoms with Crippen molar-refractivity contribution in [2.24, 2.45) is 0 Å². The fourth-order valence-corrected chi connectivity index (χ4v) is 2.46. The smallest absolute Gasteiger partial charge is 0.319 e. The predicted molar refractivity (Wildman–Crippen MR) is 90.1 cm³/mol. The standard InChI is InChI=1S/C17H19N5O2/c1-11(19-17(23)20-16-12(2)21-24-13(16)3)14-5-4-6-15(9-14)22-8-7-18-10-22/h4-11H,1-3H3,(H2,19,20,23). The first-order valence-corrected chi connectivity index (χ1v) is 7.63. The molecule has 2 N–H and O–H groups in total. The molecule has 0 saturated heterocycles. The Morgan fingerprint density at radius 3 is 2.83 bits per heavy atom. The van der Waals surface area contributed by atoms with Crippen molar-refractivity contribution >= 4 is 11.7 Å². The maximum Gasteiger partial charge on any atom is 0.319 e. The molecule has 1 unspecified atom stereocenters. The number of urea groups is 1. The zero-order valence-corrected chi connectivity index (χ0v) is 13.8. The zero-order valence-electron chi connectivity index (χ0n) is 13.8. The summed E-state index contributed by atoms with van der Waals surface area (Å²) in [6.45, 7) is 5.47. The summed E-state index contributed by atoms with van der Waals surface area (Å²) in [6.07, 6.45) is 5.34. The van der Waals surface area contributed by atoms with Gasteiger partial charge in [0.1, 0.15) is 11.4 Å². The average molecular weight is 325 g/mol. The van der Waals surface area contributed by atoms with Crippen LogP contribution in [0.1, 0.15) is 30.0 Å². The number of nitrogens with zero attached hydrogens (tertiary/aromatic N) is 3. The zero-order chi connectivity index (χ0) is 17.1. The minimum atomic E-state index is -0.301. The second-order valence-corrected chi connectivity index (χ2v) is 5.58. The third-order valence-corrected chi connectivity index (χ3v) is 3.79. The number of aromatic nitrogens is 3. The average Bonchev–Trinajstić information content (AvgIpc) is 3.21. The van der Waals surface area contributed by atoms with Crippen LogP contribution < -0.4 is 10.6 Å². The highest BCUT2D eigenvalue weighted by atomic mass is 16.5. The van der Waals surface area contributed by atoms with E-state index in [0.29, 0.717) is 17.1 Å². The SMILES string of the molecule is Cc1noc(C)c1NC(=O)NC(C)c1cccc(-n2ccnc2)c1. The molecule has 0 spiro atoms. The molecule has 24 heavy (non-hydrogen) atoms. The number of anilines is 1. The Kier molecular flexibility index (Phi) is 4.33. The Morgan fingerprint density at radius 2 is 2.17 bits per heavy atom. The lowest BCUT2D eigenvalue weighted by atomic mass is 10.1. The van der Waals surface area contributed by atoms with Crippen molar-refractivity contribution < 1.29 is 9.32 Å². The van der Waals surface area contributed by atoms with E-state index >= 15 is 0 Å². The van der Waals surface area contributed by atoms with E-state index in [1.807, 2.05) is 42.0 Å². The molecule has 124 valence electrons. The fraction of sp³-hybridized carbons (Fsp3) is 0.235. The Morgan fingerprint density at radius 1 is 1.33 bits per heavy atom. The molecule has 0 aliphatic heterocycles. The van der Waals surface area contributed by atoms with Gasteiger partial charge in [0.25, 0.3) is 0 Å². The maximum atomic E-state index is 12.2. The predicted octanol–water partition coefficient (Wildman–Crippen LogP) is 3.36. The normalized spacial score (nSPS) is 12.0. The molecule has 2 amide bonds. The topological polar surface area (TPSA) is 85.0 Å². The van der Waals surface area contributed by atoms with E-state index in [0.717, 1.165) is 11.3 Å². The van der Waals surface area contributed by atoms with Crippen molar-refractivity contribution in [2.75, 3.05) is 5.32 Å². The summed E-state index contributed by atoms with van der Waals surface area (Å²) >= 11 is 0. The molecular weight excluding hydrogens is 306 g/mol. The number of carbonyl (C=O) groups excluding carboxylic acids is 1. The summed E-state index contributed by atoms with van der Waals surface area (Å²) in [5.74, 6) is 0.581. The Bertz CT molecular complexity index is 819. The lowest BCUT2D eigenvalue weighted by Crippen LogP contribution is -2.31. The molecule has 0 bridgehead atoms. The van der Waals surface area contributed by atoms with Crippen molar-refractivity contribution in [3.05, 3.63) is 60.0 Å². The van der Waals surface area contributed by atoms with E-state index in [-0.39, 0.29) is 12.1 Å². The molecule has 2 aromatic heterocycles. The Labute approximate surface area is 139 Å². The molecular formula is C17H19N5O2. The molecule has 0 radical (unpaired) electrons. The largest absolute Gasteiger partial charge is 0.359 e. The van der Waals surface area contributed by atoms with Gasteiger partial charge in [0.15, 0.2) is 5.76 Å². The van der Waals surface area contributed by atoms with E-state index in [4.69, 9.17) is 4.52 Å². The van der Waals surface area contributed by atoms with Crippen LogP contribution in [0, 0.1) is 13.8 Å². The van der Waals surface area contributed by atoms with E-state index in [1.54, 1.807) is 26.4 Å². The molecule has 0 aliphatic carbocycles. The van der Waals surface area contributed by atoms with Gasteiger partial charge in [-0.3, -0.25) is 0 Å². The molecule has 0 fully saturated rings. The third kappa shape index (κ3) is 3.29. The molecule has 0 aliphatic rings. The van der Waals surface area contributed by atoms with Gasteiger partial charge in [0, 0.05) is 18.1 Å². The monoisotopic (exact) mass is 325 g/mol. The van der Waals surface area contributed by atoms with Gasteiger partial charge in [0.05, 0.1) is 12.4 Å². The maximum absolute atomic E-state index is 12.2. The quantitative estimate of drug-likeness (QED) is 0.770. The minimum Gasteiger partial charge on any atom is -0.359 e. The first-order chi connectivity index (χ1) is 11.5. The van der Waals surface area contributed by atoms with Gasteiger partial charge in [-0.1, -0.05) is 17.3 Å². The number of carbonyl (C=O) groups is 1. The van der Waals surface area contributed by atoms with Crippen LogP contribution in [0.5, 0.6) is 0 Å². The van der Waals surface area contributed by atoms with Crippen LogP contribution in [0.2, 0.25) is 0 Å². The number of benzene rings is 1. The van der Waals surface area contributed by atoms with Gasteiger partial charge in [-0.15, -0.1) is 0 Å². The van der Waals surface area contributed by atoms with Crippen LogP contribution in [0.4, 0.5) is 10.5 Å².